The number of hydrogen-bond donors (Lipinski definition) is 1. The third-order valence-electron chi connectivity index (χ3n) is 2.81. The molecule has 1 unspecified atom stereocenters. The van der Waals surface area contributed by atoms with Crippen LogP contribution in [0.25, 0.3) is 0 Å². The van der Waals surface area contributed by atoms with Gasteiger partial charge in [0, 0.05) is 0 Å². The van der Waals surface area contributed by atoms with Crippen molar-refractivity contribution in [3.05, 3.63) is 56.9 Å². The maximum atomic E-state index is 6.03. The molecule has 0 saturated heterocycles. The summed E-state index contributed by atoms with van der Waals surface area (Å²) in [5.74, 6) is 0.818. The summed E-state index contributed by atoms with van der Waals surface area (Å²) in [5.41, 5.74) is 1.09. The molecule has 1 atom stereocenters. The Labute approximate surface area is 127 Å². The summed E-state index contributed by atoms with van der Waals surface area (Å²) < 4.78 is 5.47. The third kappa shape index (κ3) is 3.90. The Bertz CT molecular complexity index is 553. The van der Waals surface area contributed by atoms with Crippen LogP contribution in [0.4, 0.5) is 0 Å². The lowest BCUT2D eigenvalue weighted by Crippen LogP contribution is -2.22. The predicted octanol–water partition coefficient (Wildman–Crippen LogP) is 5.13. The molecule has 1 N–H and O–H groups in total. The van der Waals surface area contributed by atoms with Gasteiger partial charge in [-0.3, -0.25) is 0 Å². The molecule has 0 bridgehead atoms. The second-order valence-electron chi connectivity index (χ2n) is 4.20. The van der Waals surface area contributed by atoms with Gasteiger partial charge in [0.25, 0.3) is 0 Å². The van der Waals surface area contributed by atoms with Crippen LogP contribution in [-0.4, -0.2) is 6.54 Å². The molecule has 0 amide bonds. The second-order valence-corrected chi connectivity index (χ2v) is 5.39. The second kappa shape index (κ2) is 6.67. The van der Waals surface area contributed by atoms with E-state index < -0.39 is 0 Å². The van der Waals surface area contributed by atoms with Crippen molar-refractivity contribution in [1.82, 2.24) is 5.32 Å². The Morgan fingerprint density at radius 1 is 1.11 bits per heavy atom. The van der Waals surface area contributed by atoms with Crippen LogP contribution in [0.2, 0.25) is 15.3 Å². The van der Waals surface area contributed by atoms with Gasteiger partial charge >= 0.3 is 0 Å². The van der Waals surface area contributed by atoms with Crippen LogP contribution in [0, 0.1) is 0 Å². The first-order chi connectivity index (χ1) is 9.10. The standard InChI is InChI=1S/C14H14Cl3NO/c1-2-18-12(13-5-6-14(17)19-13)8-9-3-4-10(15)11(16)7-9/h3-7,12,18H,2,8H2,1H3. The first-order valence-electron chi connectivity index (χ1n) is 6.02. The molecule has 1 aromatic carbocycles. The monoisotopic (exact) mass is 317 g/mol. The van der Waals surface area contributed by atoms with E-state index in [0.717, 1.165) is 24.3 Å². The smallest absolute Gasteiger partial charge is 0.193 e. The summed E-state index contributed by atoms with van der Waals surface area (Å²) >= 11 is 17.8. The lowest BCUT2D eigenvalue weighted by Gasteiger charge is -2.16. The largest absolute Gasteiger partial charge is 0.448 e. The minimum atomic E-state index is 0.0646. The maximum Gasteiger partial charge on any atom is 0.193 e. The predicted molar refractivity (Wildman–Crippen MR) is 80.3 cm³/mol. The average Bonchev–Trinajstić information content (AvgIpc) is 2.80. The van der Waals surface area contributed by atoms with Crippen LogP contribution in [0.1, 0.15) is 24.3 Å². The SMILES string of the molecule is CCNC(Cc1ccc(Cl)c(Cl)c1)c1ccc(Cl)o1. The summed E-state index contributed by atoms with van der Waals surface area (Å²) in [4.78, 5) is 0. The van der Waals surface area contributed by atoms with Gasteiger partial charge in [-0.2, -0.15) is 0 Å². The van der Waals surface area contributed by atoms with E-state index in [1.165, 1.54) is 0 Å². The molecule has 0 spiro atoms. The molecule has 1 heterocycles. The van der Waals surface area contributed by atoms with Crippen LogP contribution < -0.4 is 5.32 Å². The van der Waals surface area contributed by atoms with Gasteiger partial charge in [-0.15, -0.1) is 0 Å². The molecule has 2 rings (SSSR count). The zero-order valence-corrected chi connectivity index (χ0v) is 12.7. The fourth-order valence-electron chi connectivity index (χ4n) is 1.94. The van der Waals surface area contributed by atoms with Crippen LogP contribution >= 0.6 is 34.8 Å². The Kier molecular flexibility index (Phi) is 5.17. The van der Waals surface area contributed by atoms with E-state index in [2.05, 4.69) is 5.32 Å². The summed E-state index contributed by atoms with van der Waals surface area (Å²) in [7, 11) is 0. The van der Waals surface area contributed by atoms with E-state index in [-0.39, 0.29) is 6.04 Å². The van der Waals surface area contributed by atoms with Gasteiger partial charge in [0.1, 0.15) is 5.76 Å². The van der Waals surface area contributed by atoms with Crippen molar-refractivity contribution in [3.63, 3.8) is 0 Å². The van der Waals surface area contributed by atoms with Gasteiger partial charge in [-0.05, 0) is 54.4 Å². The first kappa shape index (κ1) is 14.7. The van der Waals surface area contributed by atoms with Gasteiger partial charge in [0.15, 0.2) is 5.22 Å². The van der Waals surface area contributed by atoms with Gasteiger partial charge in [0.2, 0.25) is 0 Å². The summed E-state index contributed by atoms with van der Waals surface area (Å²) in [6.45, 7) is 2.89. The molecule has 0 aliphatic heterocycles. The zero-order chi connectivity index (χ0) is 13.8. The molecule has 0 fully saturated rings. The molecule has 1 aromatic heterocycles. The molecule has 0 radical (unpaired) electrons. The van der Waals surface area contributed by atoms with E-state index in [1.807, 2.05) is 25.1 Å². The quantitative estimate of drug-likeness (QED) is 0.826. The molecule has 2 aromatic rings. The Balaban J connectivity index is 2.18. The Morgan fingerprint density at radius 3 is 2.47 bits per heavy atom. The molecule has 19 heavy (non-hydrogen) atoms. The van der Waals surface area contributed by atoms with Crippen LogP contribution in [0.5, 0.6) is 0 Å². The highest BCUT2D eigenvalue weighted by molar-refractivity contribution is 6.42. The normalized spacial score (nSPS) is 12.6. The average molecular weight is 319 g/mol. The van der Waals surface area contributed by atoms with Crippen LogP contribution in [0.3, 0.4) is 0 Å². The topological polar surface area (TPSA) is 25.2 Å². The number of rotatable bonds is 5. The Morgan fingerprint density at radius 2 is 1.89 bits per heavy atom. The molecule has 2 nitrogen and oxygen atoms in total. The van der Waals surface area contributed by atoms with E-state index in [9.17, 15) is 0 Å². The lowest BCUT2D eigenvalue weighted by atomic mass is 10.0. The molecule has 0 saturated carbocycles. The number of likely N-dealkylation sites (N-methyl/N-ethyl adjacent to an activating group) is 1. The number of furan rings is 1. The van der Waals surface area contributed by atoms with Crippen molar-refractivity contribution in [1.29, 1.82) is 0 Å². The summed E-state index contributed by atoms with van der Waals surface area (Å²) in [6.07, 6.45) is 0.759. The van der Waals surface area contributed by atoms with E-state index >= 15 is 0 Å². The fraction of sp³-hybridized carbons (Fsp3) is 0.286. The van der Waals surface area contributed by atoms with Crippen LogP contribution in [-0.2, 0) is 6.42 Å². The maximum absolute atomic E-state index is 6.03. The zero-order valence-electron chi connectivity index (χ0n) is 10.4. The van der Waals surface area contributed by atoms with Gasteiger partial charge < -0.3 is 9.73 Å². The van der Waals surface area contributed by atoms with E-state index in [4.69, 9.17) is 39.2 Å². The van der Waals surface area contributed by atoms with Gasteiger partial charge in [-0.25, -0.2) is 0 Å². The highest BCUT2D eigenvalue weighted by Crippen LogP contribution is 2.27. The summed E-state index contributed by atoms with van der Waals surface area (Å²) in [6, 6.07) is 9.33. The molecule has 0 aliphatic carbocycles. The van der Waals surface area contributed by atoms with E-state index in [1.54, 1.807) is 12.1 Å². The lowest BCUT2D eigenvalue weighted by molar-refractivity contribution is 0.417. The highest BCUT2D eigenvalue weighted by Gasteiger charge is 2.15. The molecule has 0 aliphatic rings. The fourth-order valence-corrected chi connectivity index (χ4v) is 2.41. The van der Waals surface area contributed by atoms with Gasteiger partial charge in [0.05, 0.1) is 16.1 Å². The molecular formula is C14H14Cl3NO. The van der Waals surface area contributed by atoms with Crippen molar-refractivity contribution in [3.8, 4) is 0 Å². The third-order valence-corrected chi connectivity index (χ3v) is 3.75. The first-order valence-corrected chi connectivity index (χ1v) is 7.16. The molecular weight excluding hydrogens is 305 g/mol. The molecule has 102 valence electrons. The number of nitrogens with one attached hydrogen (secondary N) is 1. The highest BCUT2D eigenvalue weighted by atomic mass is 35.5. The minimum absolute atomic E-state index is 0.0646. The van der Waals surface area contributed by atoms with Crippen LogP contribution in [0.15, 0.2) is 34.7 Å². The van der Waals surface area contributed by atoms with Crippen molar-refractivity contribution in [2.75, 3.05) is 6.54 Å². The number of halogens is 3. The number of hydrogen-bond acceptors (Lipinski definition) is 2. The van der Waals surface area contributed by atoms with Crippen molar-refractivity contribution >= 4 is 34.8 Å². The van der Waals surface area contributed by atoms with E-state index in [0.29, 0.717) is 15.3 Å². The van der Waals surface area contributed by atoms with Gasteiger partial charge in [-0.1, -0.05) is 36.2 Å². The minimum Gasteiger partial charge on any atom is -0.448 e. The van der Waals surface area contributed by atoms with Crippen molar-refractivity contribution < 1.29 is 4.42 Å². The Hall–Kier alpha value is -0.670. The number of benzene rings is 1. The molecule has 5 heteroatoms. The summed E-state index contributed by atoms with van der Waals surface area (Å²) in [5, 5.41) is 4.89. The van der Waals surface area contributed by atoms with Crippen molar-refractivity contribution in [2.24, 2.45) is 0 Å². The van der Waals surface area contributed by atoms with Crippen molar-refractivity contribution in [2.45, 2.75) is 19.4 Å².